The first-order valence-corrected chi connectivity index (χ1v) is 9.58. The fraction of sp³-hybridized carbons (Fsp3) is 0.647. The number of hydrogen-bond acceptors (Lipinski definition) is 2. The molecule has 2 N–H and O–H groups in total. The van der Waals surface area contributed by atoms with Gasteiger partial charge in [0.2, 0.25) is 10.0 Å². The van der Waals surface area contributed by atoms with Crippen molar-refractivity contribution in [3.63, 3.8) is 0 Å². The van der Waals surface area contributed by atoms with Crippen molar-refractivity contribution < 1.29 is 13.3 Å². The van der Waals surface area contributed by atoms with E-state index in [0.717, 1.165) is 25.8 Å². The van der Waals surface area contributed by atoms with Crippen LogP contribution in [0, 0.1) is 5.41 Å². The van der Waals surface area contributed by atoms with Gasteiger partial charge in [0.1, 0.15) is 0 Å². The zero-order chi connectivity index (χ0) is 16.4. The highest BCUT2D eigenvalue weighted by Crippen LogP contribution is 2.24. The molecule has 0 bridgehead atoms. The van der Waals surface area contributed by atoms with Crippen LogP contribution in [0.15, 0.2) is 23.1 Å². The Hall–Kier alpha value is -0.910. The molecule has 0 aromatic heterocycles. The number of hydrogen-bond donors (Lipinski definition) is 2. The largest absolute Gasteiger partial charge is 0.339 e. The fourth-order valence-electron chi connectivity index (χ4n) is 3.27. The monoisotopic (exact) mass is 325 g/mol. The fourth-order valence-corrected chi connectivity index (χ4v) is 4.56. The first kappa shape index (κ1) is 17.4. The number of quaternary nitrogens is 1. The van der Waals surface area contributed by atoms with Gasteiger partial charge in [-0.1, -0.05) is 19.9 Å². The summed E-state index contributed by atoms with van der Waals surface area (Å²) in [6.07, 6.45) is 4.43. The minimum Gasteiger partial charge on any atom is -0.339 e. The summed E-state index contributed by atoms with van der Waals surface area (Å²) in [5.41, 5.74) is 2.44. The summed E-state index contributed by atoms with van der Waals surface area (Å²) in [6.45, 7) is 5.56. The molecule has 0 atom stereocenters. The molecule has 0 unspecified atom stereocenters. The second-order valence-corrected chi connectivity index (χ2v) is 9.28. The number of fused-ring (bicyclic) bond motifs is 1. The van der Waals surface area contributed by atoms with E-state index in [9.17, 15) is 8.42 Å². The minimum atomic E-state index is -3.42. The zero-order valence-corrected chi connectivity index (χ0v) is 15.0. The van der Waals surface area contributed by atoms with Crippen molar-refractivity contribution >= 4 is 10.0 Å². The van der Waals surface area contributed by atoms with E-state index in [1.807, 2.05) is 12.1 Å². The molecule has 0 aliphatic heterocycles. The van der Waals surface area contributed by atoms with Crippen LogP contribution in [0.25, 0.3) is 0 Å². The van der Waals surface area contributed by atoms with Crippen LogP contribution in [0.3, 0.4) is 0 Å². The molecule has 0 amide bonds. The van der Waals surface area contributed by atoms with Gasteiger partial charge < -0.3 is 4.90 Å². The Morgan fingerprint density at radius 2 is 1.77 bits per heavy atom. The Kier molecular flexibility index (Phi) is 5.30. The van der Waals surface area contributed by atoms with Crippen LogP contribution in [0.5, 0.6) is 0 Å². The van der Waals surface area contributed by atoms with Gasteiger partial charge in [-0.2, -0.15) is 0 Å². The van der Waals surface area contributed by atoms with Crippen molar-refractivity contribution in [3.05, 3.63) is 29.3 Å². The summed E-state index contributed by atoms with van der Waals surface area (Å²) in [4.78, 5) is 1.72. The van der Waals surface area contributed by atoms with Gasteiger partial charge in [-0.25, -0.2) is 13.1 Å². The second kappa shape index (κ2) is 6.69. The molecule has 1 aliphatic rings. The average Bonchev–Trinajstić information content (AvgIpc) is 2.44. The predicted octanol–water partition coefficient (Wildman–Crippen LogP) is 1.01. The predicted molar refractivity (Wildman–Crippen MR) is 89.7 cm³/mol. The second-order valence-electron chi connectivity index (χ2n) is 7.51. The van der Waals surface area contributed by atoms with E-state index >= 15 is 0 Å². The summed E-state index contributed by atoms with van der Waals surface area (Å²) in [5.74, 6) is 0. The van der Waals surface area contributed by atoms with Crippen LogP contribution >= 0.6 is 0 Å². The first-order valence-electron chi connectivity index (χ1n) is 8.10. The summed E-state index contributed by atoms with van der Waals surface area (Å²) in [5, 5.41) is 0. The van der Waals surface area contributed by atoms with Crippen LogP contribution in [0.2, 0.25) is 0 Å². The molecule has 0 heterocycles. The highest BCUT2D eigenvalue weighted by Gasteiger charge is 2.25. The van der Waals surface area contributed by atoms with Gasteiger partial charge in [0.05, 0.1) is 25.5 Å². The Balaban J connectivity index is 2.10. The van der Waals surface area contributed by atoms with Gasteiger partial charge in [-0.3, -0.25) is 0 Å². The molecule has 124 valence electrons. The quantitative estimate of drug-likeness (QED) is 0.820. The Bertz CT molecular complexity index is 622. The van der Waals surface area contributed by atoms with Crippen molar-refractivity contribution in [2.75, 3.05) is 27.2 Å². The van der Waals surface area contributed by atoms with Crippen LogP contribution in [-0.2, 0) is 22.9 Å². The van der Waals surface area contributed by atoms with Gasteiger partial charge in [0, 0.05) is 12.0 Å². The van der Waals surface area contributed by atoms with Crippen molar-refractivity contribution in [2.45, 2.75) is 44.4 Å². The van der Waals surface area contributed by atoms with E-state index in [4.69, 9.17) is 0 Å². The third kappa shape index (κ3) is 4.54. The topological polar surface area (TPSA) is 50.6 Å². The molecule has 4 nitrogen and oxygen atoms in total. The van der Waals surface area contributed by atoms with Crippen molar-refractivity contribution in [1.82, 2.24) is 4.72 Å². The first-order chi connectivity index (χ1) is 10.2. The van der Waals surface area contributed by atoms with Gasteiger partial charge in [-0.05, 0) is 48.9 Å². The maximum atomic E-state index is 12.5. The molecule has 2 rings (SSSR count). The molecule has 0 fully saturated rings. The third-order valence-electron chi connectivity index (χ3n) is 4.20. The number of aryl methyl sites for hydroxylation is 2. The lowest BCUT2D eigenvalue weighted by Crippen LogP contribution is -3.07. The van der Waals surface area contributed by atoms with Crippen LogP contribution in [0.1, 0.15) is 37.8 Å². The maximum Gasteiger partial charge on any atom is 0.240 e. The van der Waals surface area contributed by atoms with Crippen LogP contribution in [-0.4, -0.2) is 35.6 Å². The smallest absolute Gasteiger partial charge is 0.240 e. The van der Waals surface area contributed by atoms with E-state index in [-0.39, 0.29) is 5.41 Å². The number of benzene rings is 1. The molecule has 1 aromatic carbocycles. The molecular formula is C17H29N2O2S+. The van der Waals surface area contributed by atoms with Crippen molar-refractivity contribution in [1.29, 1.82) is 0 Å². The van der Waals surface area contributed by atoms with Gasteiger partial charge >= 0.3 is 0 Å². The van der Waals surface area contributed by atoms with Crippen molar-refractivity contribution in [3.8, 4) is 0 Å². The lowest BCUT2D eigenvalue weighted by Gasteiger charge is -2.26. The Labute approximate surface area is 135 Å². The van der Waals surface area contributed by atoms with E-state index in [2.05, 4.69) is 32.7 Å². The van der Waals surface area contributed by atoms with E-state index in [0.29, 0.717) is 11.4 Å². The van der Waals surface area contributed by atoms with Gasteiger partial charge in [0.15, 0.2) is 0 Å². The molecule has 0 radical (unpaired) electrons. The molecule has 22 heavy (non-hydrogen) atoms. The third-order valence-corrected chi connectivity index (χ3v) is 5.60. The molecule has 1 aromatic rings. The molecule has 1 aliphatic carbocycles. The summed E-state index contributed by atoms with van der Waals surface area (Å²) >= 11 is 0. The normalized spacial score (nSPS) is 15.9. The summed E-state index contributed by atoms with van der Waals surface area (Å²) < 4.78 is 27.9. The standard InChI is InChI=1S/C17H28N2O2S/c1-17(2,13-19(3)4)12-18-22(20,21)16-10-9-14-7-5-6-8-15(14)11-16/h9-11,18H,5-8,12-13H2,1-4H3/p+1. The Morgan fingerprint density at radius 3 is 2.41 bits per heavy atom. The SMILES string of the molecule is C[NH+](C)CC(C)(C)CNS(=O)(=O)c1ccc2c(c1)CCCC2. The minimum absolute atomic E-state index is 0.0693. The molecular weight excluding hydrogens is 296 g/mol. The highest BCUT2D eigenvalue weighted by atomic mass is 32.2. The zero-order valence-electron chi connectivity index (χ0n) is 14.2. The highest BCUT2D eigenvalue weighted by molar-refractivity contribution is 7.89. The lowest BCUT2D eigenvalue weighted by molar-refractivity contribution is -0.865. The van der Waals surface area contributed by atoms with E-state index in [1.165, 1.54) is 22.4 Å². The molecule has 0 saturated heterocycles. The van der Waals surface area contributed by atoms with Gasteiger partial charge in [0.25, 0.3) is 0 Å². The lowest BCUT2D eigenvalue weighted by atomic mass is 9.92. The summed E-state index contributed by atoms with van der Waals surface area (Å²) in [6, 6.07) is 5.59. The maximum absolute atomic E-state index is 12.5. The molecule has 0 spiro atoms. The van der Waals surface area contributed by atoms with Crippen molar-refractivity contribution in [2.24, 2.45) is 5.41 Å². The number of sulfonamides is 1. The van der Waals surface area contributed by atoms with E-state index in [1.54, 1.807) is 6.07 Å². The number of nitrogens with one attached hydrogen (secondary N) is 2. The molecule has 5 heteroatoms. The van der Waals surface area contributed by atoms with Gasteiger partial charge in [-0.15, -0.1) is 0 Å². The Morgan fingerprint density at radius 1 is 1.14 bits per heavy atom. The summed E-state index contributed by atoms with van der Waals surface area (Å²) in [7, 11) is 0.744. The van der Waals surface area contributed by atoms with Crippen LogP contribution in [0.4, 0.5) is 0 Å². The van der Waals surface area contributed by atoms with E-state index < -0.39 is 10.0 Å². The molecule has 0 saturated carbocycles. The average molecular weight is 325 g/mol. The number of rotatable bonds is 6. The van der Waals surface area contributed by atoms with Crippen LogP contribution < -0.4 is 9.62 Å².